The molecule has 0 spiro atoms. The number of nitrogens with one attached hydrogen (secondary N) is 1. The van der Waals surface area contributed by atoms with Gasteiger partial charge in [0.2, 0.25) is 10.0 Å². The van der Waals surface area contributed by atoms with Crippen LogP contribution in [0.3, 0.4) is 0 Å². The number of carbonyl (C=O) groups is 1. The van der Waals surface area contributed by atoms with Crippen LogP contribution in [0, 0.1) is 0 Å². The third-order valence-electron chi connectivity index (χ3n) is 4.37. The van der Waals surface area contributed by atoms with Crippen LogP contribution < -0.4 is 14.2 Å². The molecule has 0 heterocycles. The van der Waals surface area contributed by atoms with E-state index < -0.39 is 16.6 Å². The fraction of sp³-hybridized carbons (Fsp3) is 0.350. The topological polar surface area (TPSA) is 84.9 Å². The molecule has 1 N–H and O–H groups in total. The molecule has 0 aliphatic rings. The molecule has 0 aliphatic heterocycles. The molecule has 0 bridgehead atoms. The summed E-state index contributed by atoms with van der Waals surface area (Å²) in [5.74, 6) is -0.256. The van der Waals surface area contributed by atoms with E-state index in [4.69, 9.17) is 4.74 Å². The van der Waals surface area contributed by atoms with Gasteiger partial charge in [-0.1, -0.05) is 6.07 Å². The standard InChI is InChI=1S/C20H24F2N2O5S/c1-4-24(5-2)19(25)15-7-9-16(10-8-15)30(26,27)23-13-14-6-11-17(29-20(21)22)18(12-14)28-3/h6-12,20,23H,4-5,13H2,1-3H3. The van der Waals surface area contributed by atoms with Crippen molar-refractivity contribution < 1.29 is 31.5 Å². The number of hydrogen-bond donors (Lipinski definition) is 1. The van der Waals surface area contributed by atoms with Crippen molar-refractivity contribution in [3.05, 3.63) is 53.6 Å². The zero-order valence-corrected chi connectivity index (χ0v) is 17.7. The van der Waals surface area contributed by atoms with Crippen molar-refractivity contribution in [3.8, 4) is 11.5 Å². The highest BCUT2D eigenvalue weighted by molar-refractivity contribution is 7.89. The zero-order chi connectivity index (χ0) is 22.3. The molecule has 2 aromatic rings. The van der Waals surface area contributed by atoms with Crippen molar-refractivity contribution in [1.29, 1.82) is 0 Å². The van der Waals surface area contributed by atoms with Crippen molar-refractivity contribution in [1.82, 2.24) is 9.62 Å². The number of halogens is 2. The first-order valence-corrected chi connectivity index (χ1v) is 10.7. The Morgan fingerprint density at radius 1 is 1.07 bits per heavy atom. The predicted octanol–water partition coefficient (Wildman–Crippen LogP) is 3.26. The van der Waals surface area contributed by atoms with Crippen molar-refractivity contribution in [3.63, 3.8) is 0 Å². The van der Waals surface area contributed by atoms with Gasteiger partial charge in [-0.2, -0.15) is 8.78 Å². The maximum atomic E-state index is 12.5. The smallest absolute Gasteiger partial charge is 0.387 e. The van der Waals surface area contributed by atoms with Crippen LogP contribution >= 0.6 is 0 Å². The largest absolute Gasteiger partial charge is 0.493 e. The number of carbonyl (C=O) groups excluding carboxylic acids is 1. The van der Waals surface area contributed by atoms with Gasteiger partial charge in [-0.25, -0.2) is 13.1 Å². The van der Waals surface area contributed by atoms with E-state index in [0.717, 1.165) is 0 Å². The lowest BCUT2D eigenvalue weighted by molar-refractivity contribution is -0.0512. The highest BCUT2D eigenvalue weighted by Gasteiger charge is 2.17. The van der Waals surface area contributed by atoms with Gasteiger partial charge in [0.05, 0.1) is 12.0 Å². The van der Waals surface area contributed by atoms with Gasteiger partial charge in [-0.15, -0.1) is 0 Å². The number of ether oxygens (including phenoxy) is 2. The molecule has 0 saturated carbocycles. The molecule has 0 radical (unpaired) electrons. The molecule has 30 heavy (non-hydrogen) atoms. The average Bonchev–Trinajstić information content (AvgIpc) is 2.73. The summed E-state index contributed by atoms with van der Waals surface area (Å²) in [7, 11) is -2.55. The molecular weight excluding hydrogens is 418 g/mol. The van der Waals surface area contributed by atoms with E-state index in [1.165, 1.54) is 49.6 Å². The molecule has 0 fully saturated rings. The minimum Gasteiger partial charge on any atom is -0.493 e. The molecule has 0 unspecified atom stereocenters. The van der Waals surface area contributed by atoms with Crippen LogP contribution in [0.4, 0.5) is 8.78 Å². The molecule has 2 rings (SSSR count). The van der Waals surface area contributed by atoms with Crippen LogP contribution in [0.15, 0.2) is 47.4 Å². The summed E-state index contributed by atoms with van der Waals surface area (Å²) >= 11 is 0. The second-order valence-corrected chi connectivity index (χ2v) is 7.96. The lowest BCUT2D eigenvalue weighted by atomic mass is 10.2. The van der Waals surface area contributed by atoms with Crippen LogP contribution in [-0.2, 0) is 16.6 Å². The van der Waals surface area contributed by atoms with Crippen molar-refractivity contribution in [2.24, 2.45) is 0 Å². The summed E-state index contributed by atoms with van der Waals surface area (Å²) in [6.45, 7) is 1.76. The van der Waals surface area contributed by atoms with Crippen LogP contribution in [0.2, 0.25) is 0 Å². The lowest BCUT2D eigenvalue weighted by Crippen LogP contribution is -2.30. The third-order valence-corrected chi connectivity index (χ3v) is 5.79. The van der Waals surface area contributed by atoms with Gasteiger partial charge in [-0.05, 0) is 55.8 Å². The highest BCUT2D eigenvalue weighted by Crippen LogP contribution is 2.29. The number of benzene rings is 2. The third kappa shape index (κ3) is 5.90. The Labute approximate surface area is 174 Å². The van der Waals surface area contributed by atoms with E-state index in [1.54, 1.807) is 4.90 Å². The maximum absolute atomic E-state index is 12.5. The van der Waals surface area contributed by atoms with Gasteiger partial charge in [0.15, 0.2) is 11.5 Å². The summed E-state index contributed by atoms with van der Waals surface area (Å²) < 4.78 is 61.7. The van der Waals surface area contributed by atoms with Gasteiger partial charge >= 0.3 is 6.61 Å². The van der Waals surface area contributed by atoms with Gasteiger partial charge < -0.3 is 14.4 Å². The molecule has 0 aromatic heterocycles. The first-order chi connectivity index (χ1) is 14.2. The SMILES string of the molecule is CCN(CC)C(=O)c1ccc(S(=O)(=O)NCc2ccc(OC(F)F)c(OC)c2)cc1. The number of sulfonamides is 1. The highest BCUT2D eigenvalue weighted by atomic mass is 32.2. The number of alkyl halides is 2. The quantitative estimate of drug-likeness (QED) is 0.611. The van der Waals surface area contributed by atoms with Crippen molar-refractivity contribution >= 4 is 15.9 Å². The van der Waals surface area contributed by atoms with Crippen LogP contribution in [0.5, 0.6) is 11.5 Å². The normalized spacial score (nSPS) is 11.4. The summed E-state index contributed by atoms with van der Waals surface area (Å²) in [6, 6.07) is 9.80. The second kappa shape index (κ2) is 10.4. The molecule has 0 aliphatic carbocycles. The Morgan fingerprint density at radius 2 is 1.70 bits per heavy atom. The minimum atomic E-state index is -3.85. The zero-order valence-electron chi connectivity index (χ0n) is 16.9. The van der Waals surface area contributed by atoms with E-state index in [0.29, 0.717) is 24.2 Å². The number of methoxy groups -OCH3 is 1. The van der Waals surface area contributed by atoms with Gasteiger partial charge in [-0.3, -0.25) is 4.79 Å². The molecule has 1 amide bonds. The summed E-state index contributed by atoms with van der Waals surface area (Å²) in [4.78, 5) is 14.0. The van der Waals surface area contributed by atoms with Gasteiger partial charge in [0.1, 0.15) is 0 Å². The van der Waals surface area contributed by atoms with E-state index in [-0.39, 0.29) is 28.8 Å². The number of rotatable bonds is 10. The molecule has 0 saturated heterocycles. The first-order valence-electron chi connectivity index (χ1n) is 9.22. The molecule has 164 valence electrons. The van der Waals surface area contributed by atoms with Crippen LogP contribution in [0.1, 0.15) is 29.8 Å². The molecule has 7 nitrogen and oxygen atoms in total. The first kappa shape index (κ1) is 23.6. The lowest BCUT2D eigenvalue weighted by Gasteiger charge is -2.18. The van der Waals surface area contributed by atoms with E-state index in [9.17, 15) is 22.0 Å². The maximum Gasteiger partial charge on any atom is 0.387 e. The van der Waals surface area contributed by atoms with Crippen molar-refractivity contribution in [2.75, 3.05) is 20.2 Å². The number of amides is 1. The Kier molecular flexibility index (Phi) is 8.13. The van der Waals surface area contributed by atoms with Crippen LogP contribution in [0.25, 0.3) is 0 Å². The second-order valence-electron chi connectivity index (χ2n) is 6.19. The van der Waals surface area contributed by atoms with E-state index >= 15 is 0 Å². The summed E-state index contributed by atoms with van der Waals surface area (Å²) in [5.41, 5.74) is 0.891. The van der Waals surface area contributed by atoms with E-state index in [2.05, 4.69) is 9.46 Å². The fourth-order valence-electron chi connectivity index (χ4n) is 2.75. The monoisotopic (exact) mass is 442 g/mol. The summed E-state index contributed by atoms with van der Waals surface area (Å²) in [5, 5.41) is 0. The number of nitrogens with zero attached hydrogens (tertiary/aromatic N) is 1. The van der Waals surface area contributed by atoms with Crippen molar-refractivity contribution in [2.45, 2.75) is 31.9 Å². The summed E-state index contributed by atoms with van der Waals surface area (Å²) in [6.07, 6.45) is 0. The predicted molar refractivity (Wildman–Crippen MR) is 107 cm³/mol. The molecular formula is C20H24F2N2O5S. The molecule has 2 aromatic carbocycles. The Balaban J connectivity index is 2.11. The average molecular weight is 442 g/mol. The Bertz CT molecular complexity index is 962. The minimum absolute atomic E-state index is 0.00298. The van der Waals surface area contributed by atoms with E-state index in [1.807, 2.05) is 13.8 Å². The number of hydrogen-bond acceptors (Lipinski definition) is 5. The van der Waals surface area contributed by atoms with Gasteiger partial charge in [0.25, 0.3) is 5.91 Å². The molecule has 10 heteroatoms. The fourth-order valence-corrected chi connectivity index (χ4v) is 3.76. The molecule has 0 atom stereocenters. The Hall–Kier alpha value is -2.72. The Morgan fingerprint density at radius 3 is 2.23 bits per heavy atom. The van der Waals surface area contributed by atoms with Gasteiger partial charge in [0, 0.05) is 25.2 Å². The van der Waals surface area contributed by atoms with Crippen LogP contribution in [-0.4, -0.2) is 46.0 Å².